The maximum absolute atomic E-state index is 11.9. The standard InChI is InChI=1S/C23H28N4O2/c1-5-16-29-21-12-8-18(9-13-21)14-15-25-23(24-2)26-17-19-6-10-20(11-7-19)22(28)27(3)4/h1,6-13H,14-17H2,2-4H3,(H2,24,25,26). The molecule has 6 nitrogen and oxygen atoms in total. The maximum atomic E-state index is 11.9. The molecular weight excluding hydrogens is 364 g/mol. The van der Waals surface area contributed by atoms with Crippen molar-refractivity contribution in [3.05, 3.63) is 65.2 Å². The maximum Gasteiger partial charge on any atom is 0.253 e. The van der Waals surface area contributed by atoms with Crippen molar-refractivity contribution in [3.63, 3.8) is 0 Å². The molecule has 0 saturated heterocycles. The van der Waals surface area contributed by atoms with Crippen LogP contribution >= 0.6 is 0 Å². The average molecular weight is 393 g/mol. The number of hydrogen-bond donors (Lipinski definition) is 2. The highest BCUT2D eigenvalue weighted by Gasteiger charge is 2.07. The lowest BCUT2D eigenvalue weighted by Crippen LogP contribution is -2.37. The zero-order valence-corrected chi connectivity index (χ0v) is 17.2. The second-order valence-corrected chi connectivity index (χ2v) is 6.64. The van der Waals surface area contributed by atoms with E-state index in [1.165, 1.54) is 5.56 Å². The van der Waals surface area contributed by atoms with Gasteiger partial charge in [-0.25, -0.2) is 0 Å². The molecule has 0 atom stereocenters. The van der Waals surface area contributed by atoms with Crippen LogP contribution in [-0.4, -0.2) is 51.1 Å². The van der Waals surface area contributed by atoms with Gasteiger partial charge in [-0.1, -0.05) is 30.2 Å². The van der Waals surface area contributed by atoms with Crippen molar-refractivity contribution < 1.29 is 9.53 Å². The van der Waals surface area contributed by atoms with E-state index in [2.05, 4.69) is 21.5 Å². The molecule has 0 aromatic heterocycles. The van der Waals surface area contributed by atoms with Crippen LogP contribution in [0.2, 0.25) is 0 Å². The summed E-state index contributed by atoms with van der Waals surface area (Å²) in [6, 6.07) is 15.5. The Labute approximate surface area is 173 Å². The number of benzene rings is 2. The summed E-state index contributed by atoms with van der Waals surface area (Å²) in [4.78, 5) is 17.7. The molecule has 0 aliphatic rings. The van der Waals surface area contributed by atoms with Crippen LogP contribution in [0.5, 0.6) is 5.75 Å². The van der Waals surface area contributed by atoms with E-state index in [1.807, 2.05) is 48.5 Å². The third-order valence-electron chi connectivity index (χ3n) is 4.24. The zero-order valence-electron chi connectivity index (χ0n) is 17.2. The van der Waals surface area contributed by atoms with Gasteiger partial charge in [0.1, 0.15) is 12.4 Å². The highest BCUT2D eigenvalue weighted by molar-refractivity contribution is 5.93. The van der Waals surface area contributed by atoms with Crippen molar-refractivity contribution in [2.24, 2.45) is 4.99 Å². The summed E-state index contributed by atoms with van der Waals surface area (Å²) in [5.74, 6) is 3.95. The average Bonchev–Trinajstić information content (AvgIpc) is 2.75. The number of terminal acetylenes is 1. The molecule has 0 saturated carbocycles. The third kappa shape index (κ3) is 7.23. The molecule has 6 heteroatoms. The zero-order chi connectivity index (χ0) is 21.1. The van der Waals surface area contributed by atoms with Crippen molar-refractivity contribution in [2.75, 3.05) is 34.3 Å². The summed E-state index contributed by atoms with van der Waals surface area (Å²) in [6.07, 6.45) is 6.05. The number of carbonyl (C=O) groups excluding carboxylic acids is 1. The van der Waals surface area contributed by atoms with E-state index in [0.29, 0.717) is 12.1 Å². The summed E-state index contributed by atoms with van der Waals surface area (Å²) in [5.41, 5.74) is 2.95. The molecule has 0 bridgehead atoms. The van der Waals surface area contributed by atoms with Gasteiger partial charge in [-0.15, -0.1) is 6.42 Å². The Morgan fingerprint density at radius 2 is 1.72 bits per heavy atom. The SMILES string of the molecule is C#CCOc1ccc(CCNC(=NC)NCc2ccc(C(=O)N(C)C)cc2)cc1. The van der Waals surface area contributed by atoms with Crippen molar-refractivity contribution >= 4 is 11.9 Å². The summed E-state index contributed by atoms with van der Waals surface area (Å²) in [5, 5.41) is 6.58. The Hall–Kier alpha value is -3.46. The Morgan fingerprint density at radius 3 is 2.31 bits per heavy atom. The fourth-order valence-electron chi connectivity index (χ4n) is 2.63. The molecule has 2 rings (SSSR count). The van der Waals surface area contributed by atoms with Crippen molar-refractivity contribution in [1.29, 1.82) is 0 Å². The second-order valence-electron chi connectivity index (χ2n) is 6.64. The minimum atomic E-state index is -0.00220. The fraction of sp³-hybridized carbons (Fsp3) is 0.304. The lowest BCUT2D eigenvalue weighted by atomic mass is 10.1. The van der Waals surface area contributed by atoms with Crippen LogP contribution in [0.25, 0.3) is 0 Å². The van der Waals surface area contributed by atoms with Gasteiger partial charge in [-0.3, -0.25) is 9.79 Å². The lowest BCUT2D eigenvalue weighted by Gasteiger charge is -2.13. The van der Waals surface area contributed by atoms with Crippen molar-refractivity contribution in [2.45, 2.75) is 13.0 Å². The van der Waals surface area contributed by atoms with Gasteiger partial charge in [-0.05, 0) is 41.8 Å². The largest absolute Gasteiger partial charge is 0.481 e. The second kappa shape index (κ2) is 11.4. The molecule has 0 spiro atoms. The Bertz CT molecular complexity index is 850. The molecule has 152 valence electrons. The van der Waals surface area contributed by atoms with Crippen LogP contribution in [0.15, 0.2) is 53.5 Å². The van der Waals surface area contributed by atoms with Crippen LogP contribution < -0.4 is 15.4 Å². The van der Waals surface area contributed by atoms with Crippen LogP contribution in [-0.2, 0) is 13.0 Å². The third-order valence-corrected chi connectivity index (χ3v) is 4.24. The highest BCUT2D eigenvalue weighted by atomic mass is 16.5. The quantitative estimate of drug-likeness (QED) is 0.411. The van der Waals surface area contributed by atoms with Crippen molar-refractivity contribution in [3.8, 4) is 18.1 Å². The first-order valence-corrected chi connectivity index (χ1v) is 9.43. The molecule has 2 N–H and O–H groups in total. The predicted molar refractivity (Wildman–Crippen MR) is 117 cm³/mol. The predicted octanol–water partition coefficient (Wildman–Crippen LogP) is 2.31. The van der Waals surface area contributed by atoms with Crippen LogP contribution in [0.1, 0.15) is 21.5 Å². The summed E-state index contributed by atoms with van der Waals surface area (Å²) < 4.78 is 5.37. The summed E-state index contributed by atoms with van der Waals surface area (Å²) >= 11 is 0. The molecule has 0 aliphatic carbocycles. The van der Waals surface area contributed by atoms with E-state index in [1.54, 1.807) is 26.0 Å². The minimum Gasteiger partial charge on any atom is -0.481 e. The molecule has 29 heavy (non-hydrogen) atoms. The minimum absolute atomic E-state index is 0.00220. The van der Waals surface area contributed by atoms with Gasteiger partial charge in [0.15, 0.2) is 5.96 Å². The molecule has 0 heterocycles. The van der Waals surface area contributed by atoms with Crippen LogP contribution in [0.4, 0.5) is 0 Å². The summed E-state index contributed by atoms with van der Waals surface area (Å²) in [6.45, 7) is 1.65. The molecule has 2 aromatic carbocycles. The van der Waals surface area contributed by atoms with Gasteiger partial charge >= 0.3 is 0 Å². The van der Waals surface area contributed by atoms with Gasteiger partial charge < -0.3 is 20.3 Å². The van der Waals surface area contributed by atoms with Crippen LogP contribution in [0, 0.1) is 12.3 Å². The monoisotopic (exact) mass is 392 g/mol. The highest BCUT2D eigenvalue weighted by Crippen LogP contribution is 2.12. The first kappa shape index (κ1) is 21.8. The molecule has 2 aromatic rings. The first-order valence-electron chi connectivity index (χ1n) is 9.43. The normalized spacial score (nSPS) is 10.8. The number of carbonyl (C=O) groups is 1. The van der Waals surface area contributed by atoms with Gasteiger partial charge in [0.25, 0.3) is 5.91 Å². The van der Waals surface area contributed by atoms with Crippen molar-refractivity contribution in [1.82, 2.24) is 15.5 Å². The number of aliphatic imine (C=N–C) groups is 1. The number of rotatable bonds is 8. The molecule has 0 fully saturated rings. The Morgan fingerprint density at radius 1 is 1.07 bits per heavy atom. The van der Waals surface area contributed by atoms with E-state index in [9.17, 15) is 4.79 Å². The summed E-state index contributed by atoms with van der Waals surface area (Å²) in [7, 11) is 5.23. The number of amides is 1. The topological polar surface area (TPSA) is 66.0 Å². The van der Waals surface area contributed by atoms with E-state index >= 15 is 0 Å². The van der Waals surface area contributed by atoms with Gasteiger partial charge in [0.2, 0.25) is 0 Å². The molecule has 0 unspecified atom stereocenters. The number of nitrogens with zero attached hydrogens (tertiary/aromatic N) is 2. The number of hydrogen-bond acceptors (Lipinski definition) is 3. The lowest BCUT2D eigenvalue weighted by molar-refractivity contribution is 0.0827. The molecule has 0 aliphatic heterocycles. The van der Waals surface area contributed by atoms with E-state index < -0.39 is 0 Å². The smallest absolute Gasteiger partial charge is 0.253 e. The fourth-order valence-corrected chi connectivity index (χ4v) is 2.63. The van der Waals surface area contributed by atoms with E-state index in [4.69, 9.17) is 11.2 Å². The van der Waals surface area contributed by atoms with Gasteiger partial charge in [0.05, 0.1) is 0 Å². The molecule has 1 amide bonds. The Balaban J connectivity index is 1.76. The molecular formula is C23H28N4O2. The first-order chi connectivity index (χ1) is 14.0. The number of guanidine groups is 1. The number of ether oxygens (including phenoxy) is 1. The van der Waals surface area contributed by atoms with Gasteiger partial charge in [0, 0.05) is 39.8 Å². The number of nitrogens with one attached hydrogen (secondary N) is 2. The molecule has 0 radical (unpaired) electrons. The Kier molecular flexibility index (Phi) is 8.58. The van der Waals surface area contributed by atoms with E-state index in [0.717, 1.165) is 30.2 Å². The van der Waals surface area contributed by atoms with E-state index in [-0.39, 0.29) is 12.5 Å². The van der Waals surface area contributed by atoms with Crippen LogP contribution in [0.3, 0.4) is 0 Å². The van der Waals surface area contributed by atoms with Gasteiger partial charge in [-0.2, -0.15) is 0 Å².